The average Bonchev–Trinajstić information content (AvgIpc) is 2.27. The highest BCUT2D eigenvalue weighted by atomic mass is 35.5. The number of rotatable bonds is 6. The molecule has 0 fully saturated rings. The summed E-state index contributed by atoms with van der Waals surface area (Å²) in [6.45, 7) is 0.334. The molecule has 0 aliphatic rings. The van der Waals surface area contributed by atoms with Crippen molar-refractivity contribution in [3.63, 3.8) is 0 Å². The monoisotopic (exact) mass is 294 g/mol. The maximum atomic E-state index is 10.6. The Kier molecular flexibility index (Phi) is 5.61. The van der Waals surface area contributed by atoms with Crippen LogP contribution in [0.4, 0.5) is 5.69 Å². The van der Waals surface area contributed by atoms with Crippen molar-refractivity contribution in [1.29, 1.82) is 0 Å². The first-order chi connectivity index (χ1) is 8.45. The fourth-order valence-corrected chi connectivity index (χ4v) is 1.85. The molecular formula is C10H12Cl2N2O4. The van der Waals surface area contributed by atoms with E-state index in [0.717, 1.165) is 12.1 Å². The second-order valence-corrected chi connectivity index (χ2v) is 4.33. The zero-order valence-electron chi connectivity index (χ0n) is 9.52. The van der Waals surface area contributed by atoms with Gasteiger partial charge in [-0.15, -0.1) is 0 Å². The number of hydrogen-bond donors (Lipinski definition) is 2. The molecule has 6 nitrogen and oxygen atoms in total. The molecule has 0 spiro atoms. The molecule has 18 heavy (non-hydrogen) atoms. The minimum Gasteiger partial charge on any atom is -0.488 e. The molecular weight excluding hydrogens is 283 g/mol. The van der Waals surface area contributed by atoms with Gasteiger partial charge in [0.1, 0.15) is 12.7 Å². The molecule has 2 N–H and O–H groups in total. The predicted octanol–water partition coefficient (Wildman–Crippen LogP) is 1.86. The first-order valence-electron chi connectivity index (χ1n) is 5.04. The number of nitro benzene ring substituents is 1. The number of nitro groups is 1. The molecule has 1 atom stereocenters. The van der Waals surface area contributed by atoms with E-state index in [1.807, 2.05) is 0 Å². The van der Waals surface area contributed by atoms with Gasteiger partial charge in [0, 0.05) is 18.7 Å². The number of likely N-dealkylation sites (N-methyl/N-ethyl adjacent to an activating group) is 1. The molecule has 0 aromatic heterocycles. The van der Waals surface area contributed by atoms with E-state index in [9.17, 15) is 15.2 Å². The van der Waals surface area contributed by atoms with Gasteiger partial charge in [-0.3, -0.25) is 10.1 Å². The number of ether oxygens (including phenoxy) is 1. The Morgan fingerprint density at radius 3 is 2.50 bits per heavy atom. The van der Waals surface area contributed by atoms with Crippen LogP contribution in [0.25, 0.3) is 0 Å². The summed E-state index contributed by atoms with van der Waals surface area (Å²) in [4.78, 5) is 9.97. The number of non-ortho nitro benzene ring substituents is 1. The van der Waals surface area contributed by atoms with Crippen molar-refractivity contribution in [3.05, 3.63) is 32.3 Å². The quantitative estimate of drug-likeness (QED) is 0.618. The van der Waals surface area contributed by atoms with Crippen molar-refractivity contribution < 1.29 is 14.8 Å². The second-order valence-electron chi connectivity index (χ2n) is 3.52. The minimum absolute atomic E-state index is 0.0158. The Hall–Kier alpha value is -1.08. The Labute approximate surface area is 114 Å². The fourth-order valence-electron chi connectivity index (χ4n) is 1.26. The SMILES string of the molecule is CNCC(O)COc1c(Cl)cc([N+](=O)[O-])cc1Cl. The van der Waals surface area contributed by atoms with E-state index >= 15 is 0 Å². The van der Waals surface area contributed by atoms with Crippen molar-refractivity contribution in [3.8, 4) is 5.75 Å². The van der Waals surface area contributed by atoms with Crippen LogP contribution in [0.15, 0.2) is 12.1 Å². The van der Waals surface area contributed by atoms with Gasteiger partial charge < -0.3 is 15.2 Å². The zero-order chi connectivity index (χ0) is 13.7. The van der Waals surface area contributed by atoms with Gasteiger partial charge in [0.15, 0.2) is 5.75 Å². The highest BCUT2D eigenvalue weighted by Crippen LogP contribution is 2.36. The van der Waals surface area contributed by atoms with E-state index < -0.39 is 11.0 Å². The highest BCUT2D eigenvalue weighted by molar-refractivity contribution is 6.37. The van der Waals surface area contributed by atoms with E-state index in [-0.39, 0.29) is 28.1 Å². The summed E-state index contributed by atoms with van der Waals surface area (Å²) in [6, 6.07) is 2.29. The number of aliphatic hydroxyl groups excluding tert-OH is 1. The molecule has 0 saturated carbocycles. The standard InChI is InChI=1S/C10H12Cl2N2O4/c1-13-4-7(15)5-18-10-8(11)2-6(14(16)17)3-9(10)12/h2-3,7,13,15H,4-5H2,1H3. The van der Waals surface area contributed by atoms with Crippen LogP contribution < -0.4 is 10.1 Å². The molecule has 1 rings (SSSR count). The number of hydrogen-bond acceptors (Lipinski definition) is 5. The van der Waals surface area contributed by atoms with Crippen LogP contribution in [0, 0.1) is 10.1 Å². The summed E-state index contributed by atoms with van der Waals surface area (Å²) in [6.07, 6.45) is -0.725. The summed E-state index contributed by atoms with van der Waals surface area (Å²) in [5.74, 6) is 0.124. The van der Waals surface area contributed by atoms with Gasteiger partial charge in [-0.1, -0.05) is 23.2 Å². The van der Waals surface area contributed by atoms with Crippen molar-refractivity contribution >= 4 is 28.9 Å². The number of benzene rings is 1. The molecule has 8 heteroatoms. The Bertz CT molecular complexity index is 419. The van der Waals surface area contributed by atoms with Crippen LogP contribution in [0.5, 0.6) is 5.75 Å². The fraction of sp³-hybridized carbons (Fsp3) is 0.400. The molecule has 0 aliphatic heterocycles. The van der Waals surface area contributed by atoms with Crippen LogP contribution in [-0.2, 0) is 0 Å². The first kappa shape index (κ1) is 15.0. The topological polar surface area (TPSA) is 84.6 Å². The number of aliphatic hydroxyl groups is 1. The normalized spacial score (nSPS) is 12.2. The summed E-state index contributed by atoms with van der Waals surface area (Å²) in [7, 11) is 1.69. The zero-order valence-corrected chi connectivity index (χ0v) is 11.0. The third kappa shape index (κ3) is 3.99. The maximum absolute atomic E-state index is 10.6. The van der Waals surface area contributed by atoms with Gasteiger partial charge >= 0.3 is 0 Å². The van der Waals surface area contributed by atoms with Gasteiger partial charge in [-0.05, 0) is 7.05 Å². The lowest BCUT2D eigenvalue weighted by Gasteiger charge is -2.13. The highest BCUT2D eigenvalue weighted by Gasteiger charge is 2.16. The van der Waals surface area contributed by atoms with E-state index in [1.54, 1.807) is 7.05 Å². The van der Waals surface area contributed by atoms with E-state index in [2.05, 4.69) is 5.32 Å². The summed E-state index contributed by atoms with van der Waals surface area (Å²) in [5, 5.41) is 22.9. The number of nitrogens with zero attached hydrogens (tertiary/aromatic N) is 1. The van der Waals surface area contributed by atoms with Crippen LogP contribution >= 0.6 is 23.2 Å². The molecule has 1 aromatic rings. The van der Waals surface area contributed by atoms with Crippen molar-refractivity contribution in [2.75, 3.05) is 20.2 Å². The van der Waals surface area contributed by atoms with E-state index in [4.69, 9.17) is 27.9 Å². The molecule has 0 radical (unpaired) electrons. The third-order valence-corrected chi connectivity index (χ3v) is 2.62. The van der Waals surface area contributed by atoms with Crippen molar-refractivity contribution in [2.45, 2.75) is 6.10 Å². The maximum Gasteiger partial charge on any atom is 0.272 e. The first-order valence-corrected chi connectivity index (χ1v) is 5.80. The smallest absolute Gasteiger partial charge is 0.272 e. The van der Waals surface area contributed by atoms with Gasteiger partial charge in [-0.25, -0.2) is 0 Å². The lowest BCUT2D eigenvalue weighted by Crippen LogP contribution is -2.29. The predicted molar refractivity (Wildman–Crippen MR) is 68.5 cm³/mol. The lowest BCUT2D eigenvalue weighted by molar-refractivity contribution is -0.384. The van der Waals surface area contributed by atoms with Gasteiger partial charge in [0.05, 0.1) is 15.0 Å². The molecule has 0 amide bonds. The van der Waals surface area contributed by atoms with Gasteiger partial charge in [0.25, 0.3) is 5.69 Å². The van der Waals surface area contributed by atoms with Crippen molar-refractivity contribution in [2.24, 2.45) is 0 Å². The molecule has 1 unspecified atom stereocenters. The largest absolute Gasteiger partial charge is 0.488 e. The number of nitrogens with one attached hydrogen (secondary N) is 1. The molecule has 0 heterocycles. The Morgan fingerprint density at radius 1 is 1.50 bits per heavy atom. The molecule has 0 aliphatic carbocycles. The summed E-state index contributed by atoms with van der Waals surface area (Å²) in [5.41, 5.74) is -0.215. The van der Waals surface area contributed by atoms with Gasteiger partial charge in [0.2, 0.25) is 0 Å². The summed E-state index contributed by atoms with van der Waals surface area (Å²) >= 11 is 11.7. The molecule has 0 bridgehead atoms. The Morgan fingerprint density at radius 2 is 2.06 bits per heavy atom. The van der Waals surface area contributed by atoms with Gasteiger partial charge in [-0.2, -0.15) is 0 Å². The Balaban J connectivity index is 2.81. The minimum atomic E-state index is -0.725. The van der Waals surface area contributed by atoms with Crippen LogP contribution in [0.3, 0.4) is 0 Å². The molecule has 100 valence electrons. The van der Waals surface area contributed by atoms with Crippen molar-refractivity contribution in [1.82, 2.24) is 5.32 Å². The third-order valence-electron chi connectivity index (χ3n) is 2.05. The van der Waals surface area contributed by atoms with E-state index in [0.29, 0.717) is 6.54 Å². The number of halogens is 2. The van der Waals surface area contributed by atoms with Crippen LogP contribution in [0.1, 0.15) is 0 Å². The average molecular weight is 295 g/mol. The second kappa shape index (κ2) is 6.75. The summed E-state index contributed by atoms with van der Waals surface area (Å²) < 4.78 is 5.24. The molecule has 0 saturated heterocycles. The molecule has 1 aromatic carbocycles. The lowest BCUT2D eigenvalue weighted by atomic mass is 10.3. The van der Waals surface area contributed by atoms with Crippen LogP contribution in [-0.4, -0.2) is 36.3 Å². The van der Waals surface area contributed by atoms with E-state index in [1.165, 1.54) is 0 Å². The van der Waals surface area contributed by atoms with Crippen LogP contribution in [0.2, 0.25) is 10.0 Å².